The van der Waals surface area contributed by atoms with Crippen molar-refractivity contribution in [1.82, 2.24) is 9.38 Å². The molecule has 1 saturated carbocycles. The fourth-order valence-corrected chi connectivity index (χ4v) is 3.07. The maximum Gasteiger partial charge on any atom is 0.228 e. The second kappa shape index (κ2) is 5.97. The average molecular weight is 339 g/mol. The van der Waals surface area contributed by atoms with Crippen LogP contribution in [0.15, 0.2) is 36.7 Å². The normalized spacial score (nSPS) is 14.0. The quantitative estimate of drug-likeness (QED) is 0.766. The molecule has 0 aliphatic heterocycles. The van der Waals surface area contributed by atoms with Crippen molar-refractivity contribution in [3.8, 4) is 11.1 Å². The first kappa shape index (κ1) is 15.8. The molecular weight excluding hydrogens is 321 g/mol. The van der Waals surface area contributed by atoms with Gasteiger partial charge in [-0.3, -0.25) is 4.79 Å². The van der Waals surface area contributed by atoms with E-state index < -0.39 is 5.82 Å². The monoisotopic (exact) mass is 339 g/mol. The molecule has 6 heteroatoms. The number of imidazole rings is 1. The van der Waals surface area contributed by atoms with Gasteiger partial charge in [0.2, 0.25) is 5.91 Å². The molecule has 1 amide bonds. The number of benzene rings is 1. The van der Waals surface area contributed by atoms with E-state index in [1.165, 1.54) is 6.07 Å². The van der Waals surface area contributed by atoms with E-state index in [1.54, 1.807) is 16.7 Å². The minimum atomic E-state index is -0.425. The lowest BCUT2D eigenvalue weighted by Gasteiger charge is -2.12. The van der Waals surface area contributed by atoms with Crippen LogP contribution >= 0.6 is 0 Å². The van der Waals surface area contributed by atoms with Crippen LogP contribution in [-0.2, 0) is 11.4 Å². The van der Waals surface area contributed by atoms with Gasteiger partial charge < -0.3 is 14.8 Å². The number of halogens is 1. The first-order valence-electron chi connectivity index (χ1n) is 8.25. The summed E-state index contributed by atoms with van der Waals surface area (Å²) >= 11 is 0. The predicted molar refractivity (Wildman–Crippen MR) is 92.6 cm³/mol. The minimum Gasteiger partial charge on any atom is -0.392 e. The zero-order chi connectivity index (χ0) is 17.6. The van der Waals surface area contributed by atoms with Crippen molar-refractivity contribution in [1.29, 1.82) is 0 Å². The number of nitrogens with one attached hydrogen (secondary N) is 1. The summed E-state index contributed by atoms with van der Waals surface area (Å²) in [6, 6.07) is 6.72. The molecule has 1 aromatic carbocycles. The molecule has 0 spiro atoms. The number of hydrogen-bond donors (Lipinski definition) is 2. The highest BCUT2D eigenvalue weighted by atomic mass is 19.1. The summed E-state index contributed by atoms with van der Waals surface area (Å²) in [5.41, 5.74) is 3.32. The highest BCUT2D eigenvalue weighted by Crippen LogP contribution is 2.31. The van der Waals surface area contributed by atoms with Crippen LogP contribution in [0.25, 0.3) is 16.8 Å². The Bertz CT molecular complexity index is 976. The van der Waals surface area contributed by atoms with E-state index in [4.69, 9.17) is 0 Å². The minimum absolute atomic E-state index is 0.00664. The van der Waals surface area contributed by atoms with Crippen LogP contribution in [-0.4, -0.2) is 20.4 Å². The molecule has 0 atom stereocenters. The standard InChI is InChI=1S/C19H18FN3O2/c1-11-2-6-15(20)14(10-24)18(11)13-5-7-17-21-16(9-23(17)8-13)22-19(25)12-3-4-12/h2,5-9,12,24H,3-4,10H2,1H3,(H,22,25). The predicted octanol–water partition coefficient (Wildman–Crippen LogP) is 3.29. The van der Waals surface area contributed by atoms with E-state index in [-0.39, 0.29) is 24.0 Å². The molecule has 2 aromatic heterocycles. The van der Waals surface area contributed by atoms with Gasteiger partial charge in [-0.25, -0.2) is 9.37 Å². The van der Waals surface area contributed by atoms with Crippen LogP contribution in [0.2, 0.25) is 0 Å². The molecule has 3 aromatic rings. The fourth-order valence-electron chi connectivity index (χ4n) is 3.07. The average Bonchev–Trinajstić information content (AvgIpc) is 3.37. The van der Waals surface area contributed by atoms with Crippen LogP contribution in [0.5, 0.6) is 0 Å². The maximum atomic E-state index is 14.0. The van der Waals surface area contributed by atoms with Crippen LogP contribution in [0.1, 0.15) is 24.0 Å². The molecule has 2 heterocycles. The zero-order valence-corrected chi connectivity index (χ0v) is 13.8. The van der Waals surface area contributed by atoms with Crippen molar-refractivity contribution < 1.29 is 14.3 Å². The number of nitrogens with zero attached hydrogens (tertiary/aromatic N) is 2. The largest absolute Gasteiger partial charge is 0.392 e. The van der Waals surface area contributed by atoms with Crippen LogP contribution in [0.3, 0.4) is 0 Å². The number of aromatic nitrogens is 2. The number of carbonyl (C=O) groups excluding carboxylic acids is 1. The van der Waals surface area contributed by atoms with Gasteiger partial charge in [-0.15, -0.1) is 0 Å². The SMILES string of the molecule is Cc1ccc(F)c(CO)c1-c1ccc2nc(NC(=O)C3CC3)cn2c1. The molecule has 0 radical (unpaired) electrons. The summed E-state index contributed by atoms with van der Waals surface area (Å²) in [4.78, 5) is 16.3. The molecule has 1 aliphatic rings. The summed E-state index contributed by atoms with van der Waals surface area (Å²) in [5, 5.41) is 12.4. The third-order valence-corrected chi connectivity index (χ3v) is 4.56. The molecule has 0 bridgehead atoms. The molecule has 5 nitrogen and oxygen atoms in total. The van der Waals surface area contributed by atoms with Crippen molar-refractivity contribution in [2.24, 2.45) is 5.92 Å². The Morgan fingerprint density at radius 2 is 2.12 bits per heavy atom. The topological polar surface area (TPSA) is 66.6 Å². The molecule has 128 valence electrons. The van der Waals surface area contributed by atoms with Crippen molar-refractivity contribution in [3.05, 3.63) is 53.6 Å². The van der Waals surface area contributed by atoms with Crippen molar-refractivity contribution in [2.45, 2.75) is 26.4 Å². The van der Waals surface area contributed by atoms with E-state index in [9.17, 15) is 14.3 Å². The Kier molecular flexibility index (Phi) is 3.77. The van der Waals surface area contributed by atoms with Gasteiger partial charge in [-0.2, -0.15) is 0 Å². The van der Waals surface area contributed by atoms with E-state index in [1.807, 2.05) is 25.3 Å². The van der Waals surface area contributed by atoms with Gasteiger partial charge >= 0.3 is 0 Å². The van der Waals surface area contributed by atoms with Gasteiger partial charge in [0.25, 0.3) is 0 Å². The molecule has 1 aliphatic carbocycles. The van der Waals surface area contributed by atoms with Crippen LogP contribution < -0.4 is 5.32 Å². The Morgan fingerprint density at radius 3 is 2.84 bits per heavy atom. The molecule has 0 saturated heterocycles. The fraction of sp³-hybridized carbons (Fsp3) is 0.263. The second-order valence-corrected chi connectivity index (χ2v) is 6.45. The molecule has 4 rings (SSSR count). The third kappa shape index (κ3) is 2.89. The highest BCUT2D eigenvalue weighted by molar-refractivity contribution is 5.93. The number of rotatable bonds is 4. The number of aryl methyl sites for hydroxylation is 1. The Balaban J connectivity index is 1.74. The Morgan fingerprint density at radius 1 is 1.32 bits per heavy atom. The number of carbonyl (C=O) groups is 1. The number of amides is 1. The first-order valence-corrected chi connectivity index (χ1v) is 8.25. The van der Waals surface area contributed by atoms with Gasteiger partial charge in [-0.05, 0) is 54.7 Å². The second-order valence-electron chi connectivity index (χ2n) is 6.45. The molecule has 0 unspecified atom stereocenters. The lowest BCUT2D eigenvalue weighted by atomic mass is 9.96. The van der Waals surface area contributed by atoms with Crippen molar-refractivity contribution in [3.63, 3.8) is 0 Å². The zero-order valence-electron chi connectivity index (χ0n) is 13.8. The summed E-state index contributed by atoms with van der Waals surface area (Å²) < 4.78 is 15.8. The number of pyridine rings is 1. The van der Waals surface area contributed by atoms with Gasteiger partial charge in [0.05, 0.1) is 12.8 Å². The van der Waals surface area contributed by atoms with E-state index in [0.29, 0.717) is 17.0 Å². The number of aliphatic hydroxyl groups excluding tert-OH is 1. The van der Waals surface area contributed by atoms with Gasteiger partial charge in [0, 0.05) is 17.7 Å². The van der Waals surface area contributed by atoms with Gasteiger partial charge in [0.1, 0.15) is 11.5 Å². The summed E-state index contributed by atoms with van der Waals surface area (Å²) in [6.07, 6.45) is 5.45. The van der Waals surface area contributed by atoms with Crippen molar-refractivity contribution in [2.75, 3.05) is 5.32 Å². The number of fused-ring (bicyclic) bond motifs is 1. The number of hydrogen-bond acceptors (Lipinski definition) is 3. The van der Waals surface area contributed by atoms with E-state index >= 15 is 0 Å². The summed E-state index contributed by atoms with van der Waals surface area (Å²) in [6.45, 7) is 1.51. The molecular formula is C19H18FN3O2. The smallest absolute Gasteiger partial charge is 0.228 e. The summed E-state index contributed by atoms with van der Waals surface area (Å²) in [7, 11) is 0. The van der Waals surface area contributed by atoms with E-state index in [0.717, 1.165) is 24.0 Å². The van der Waals surface area contributed by atoms with Crippen molar-refractivity contribution >= 4 is 17.4 Å². The van der Waals surface area contributed by atoms with Gasteiger partial charge in [0.15, 0.2) is 5.82 Å². The lowest BCUT2D eigenvalue weighted by Crippen LogP contribution is -2.13. The molecule has 25 heavy (non-hydrogen) atoms. The van der Waals surface area contributed by atoms with Crippen LogP contribution in [0.4, 0.5) is 10.2 Å². The Hall–Kier alpha value is -2.73. The number of aliphatic hydroxyl groups is 1. The first-order chi connectivity index (χ1) is 12.1. The Labute approximate surface area is 144 Å². The maximum absolute atomic E-state index is 14.0. The highest BCUT2D eigenvalue weighted by Gasteiger charge is 2.30. The third-order valence-electron chi connectivity index (χ3n) is 4.56. The lowest BCUT2D eigenvalue weighted by molar-refractivity contribution is -0.117. The molecule has 2 N–H and O–H groups in total. The van der Waals surface area contributed by atoms with E-state index in [2.05, 4.69) is 10.3 Å². The van der Waals surface area contributed by atoms with Crippen LogP contribution in [0, 0.1) is 18.7 Å². The summed E-state index contributed by atoms with van der Waals surface area (Å²) in [5.74, 6) is 0.202. The number of anilines is 1. The molecule has 1 fully saturated rings. The van der Waals surface area contributed by atoms with Gasteiger partial charge in [-0.1, -0.05) is 6.07 Å².